The minimum absolute atomic E-state index is 0.248. The first kappa shape index (κ1) is 15.2. The van der Waals surface area contributed by atoms with Crippen molar-refractivity contribution in [3.05, 3.63) is 29.8 Å². The first-order valence-electron chi connectivity index (χ1n) is 6.66. The molecule has 1 aliphatic rings. The Hall–Kier alpha value is -1.21. The van der Waals surface area contributed by atoms with Crippen LogP contribution in [0.4, 0.5) is 0 Å². The fraction of sp³-hybridized carbons (Fsp3) is 0.500. The molecule has 0 spiro atoms. The van der Waals surface area contributed by atoms with E-state index in [9.17, 15) is 5.11 Å². The van der Waals surface area contributed by atoms with Crippen molar-refractivity contribution < 1.29 is 14.6 Å². The number of rotatable bonds is 6. The molecule has 0 aliphatic carbocycles. The molecule has 1 unspecified atom stereocenters. The van der Waals surface area contributed by atoms with Crippen molar-refractivity contribution in [1.29, 1.82) is 0 Å². The highest BCUT2D eigenvalue weighted by molar-refractivity contribution is 7.80. The Morgan fingerprint density at radius 3 is 2.90 bits per heavy atom. The van der Waals surface area contributed by atoms with E-state index in [0.29, 0.717) is 17.3 Å². The van der Waals surface area contributed by atoms with Crippen LogP contribution in [-0.4, -0.2) is 60.6 Å². The van der Waals surface area contributed by atoms with Crippen molar-refractivity contribution >= 4 is 17.2 Å². The Morgan fingerprint density at radius 1 is 1.45 bits per heavy atom. The van der Waals surface area contributed by atoms with E-state index >= 15 is 0 Å². The summed E-state index contributed by atoms with van der Waals surface area (Å²) in [5.74, 6) is 0.663. The zero-order valence-corrected chi connectivity index (χ0v) is 12.1. The molecule has 0 aromatic heterocycles. The minimum Gasteiger partial charge on any atom is -0.491 e. The van der Waals surface area contributed by atoms with Crippen molar-refractivity contribution in [3.8, 4) is 5.75 Å². The largest absolute Gasteiger partial charge is 0.491 e. The summed E-state index contributed by atoms with van der Waals surface area (Å²) in [6.07, 6.45) is -0.526. The van der Waals surface area contributed by atoms with Gasteiger partial charge in [0.1, 0.15) is 23.4 Å². The Bertz CT molecular complexity index is 450. The van der Waals surface area contributed by atoms with Crippen LogP contribution in [0.2, 0.25) is 0 Å². The molecule has 1 fully saturated rings. The van der Waals surface area contributed by atoms with Crippen molar-refractivity contribution in [2.75, 3.05) is 39.5 Å². The minimum atomic E-state index is -0.526. The standard InChI is InChI=1S/C14H20N2O3S/c15-14(20)11-2-1-3-13(8-11)19-10-12(17)9-16-4-6-18-7-5-16/h1-3,8,12,17H,4-7,9-10H2,(H2,15,20). The molecule has 1 atom stereocenters. The van der Waals surface area contributed by atoms with Crippen LogP contribution in [0.1, 0.15) is 5.56 Å². The predicted octanol–water partition coefficient (Wildman–Crippen LogP) is 0.393. The van der Waals surface area contributed by atoms with Crippen LogP contribution >= 0.6 is 12.2 Å². The van der Waals surface area contributed by atoms with E-state index in [1.807, 2.05) is 18.2 Å². The number of nitrogens with zero attached hydrogens (tertiary/aromatic N) is 1. The first-order valence-corrected chi connectivity index (χ1v) is 7.07. The van der Waals surface area contributed by atoms with Gasteiger partial charge in [-0.1, -0.05) is 24.4 Å². The average molecular weight is 296 g/mol. The molecule has 0 radical (unpaired) electrons. The number of ether oxygens (including phenoxy) is 2. The lowest BCUT2D eigenvalue weighted by atomic mass is 10.2. The maximum absolute atomic E-state index is 9.98. The smallest absolute Gasteiger partial charge is 0.120 e. The van der Waals surface area contributed by atoms with E-state index in [0.717, 1.165) is 31.9 Å². The number of thiocarbonyl (C=S) groups is 1. The Labute approximate surface area is 124 Å². The number of nitrogens with two attached hydrogens (primary N) is 1. The number of hydrogen-bond acceptors (Lipinski definition) is 5. The molecule has 1 aliphatic heterocycles. The molecule has 110 valence electrons. The summed E-state index contributed by atoms with van der Waals surface area (Å²) in [7, 11) is 0. The number of benzene rings is 1. The van der Waals surface area contributed by atoms with Gasteiger partial charge < -0.3 is 20.3 Å². The monoisotopic (exact) mass is 296 g/mol. The lowest BCUT2D eigenvalue weighted by molar-refractivity contribution is 0.00465. The van der Waals surface area contributed by atoms with Crippen LogP contribution in [0.25, 0.3) is 0 Å². The van der Waals surface area contributed by atoms with Gasteiger partial charge in [0.15, 0.2) is 0 Å². The molecule has 6 heteroatoms. The van der Waals surface area contributed by atoms with Gasteiger partial charge in [-0.05, 0) is 12.1 Å². The fourth-order valence-electron chi connectivity index (χ4n) is 2.07. The lowest BCUT2D eigenvalue weighted by Gasteiger charge is -2.28. The zero-order valence-electron chi connectivity index (χ0n) is 11.3. The Kier molecular flexibility index (Phi) is 5.72. The third-order valence-corrected chi connectivity index (χ3v) is 3.37. The van der Waals surface area contributed by atoms with Crippen LogP contribution in [0.5, 0.6) is 5.75 Å². The van der Waals surface area contributed by atoms with Crippen LogP contribution < -0.4 is 10.5 Å². The van der Waals surface area contributed by atoms with Gasteiger partial charge in [-0.25, -0.2) is 0 Å². The third-order valence-electron chi connectivity index (χ3n) is 3.13. The molecule has 0 saturated carbocycles. The van der Waals surface area contributed by atoms with E-state index in [-0.39, 0.29) is 6.61 Å². The number of aliphatic hydroxyl groups is 1. The van der Waals surface area contributed by atoms with Crippen LogP contribution in [-0.2, 0) is 4.74 Å². The van der Waals surface area contributed by atoms with Gasteiger partial charge in [0.05, 0.1) is 13.2 Å². The molecule has 20 heavy (non-hydrogen) atoms. The summed E-state index contributed by atoms with van der Waals surface area (Å²) >= 11 is 4.92. The van der Waals surface area contributed by atoms with Crippen molar-refractivity contribution in [2.45, 2.75) is 6.10 Å². The summed E-state index contributed by atoms with van der Waals surface area (Å²) in [5, 5.41) is 9.98. The van der Waals surface area contributed by atoms with Gasteiger partial charge in [0.25, 0.3) is 0 Å². The average Bonchev–Trinajstić information content (AvgIpc) is 2.46. The second-order valence-corrected chi connectivity index (χ2v) is 5.21. The van der Waals surface area contributed by atoms with Crippen molar-refractivity contribution in [1.82, 2.24) is 4.90 Å². The topological polar surface area (TPSA) is 68.0 Å². The zero-order chi connectivity index (χ0) is 14.4. The van der Waals surface area contributed by atoms with E-state index < -0.39 is 6.10 Å². The molecular formula is C14H20N2O3S. The Morgan fingerprint density at radius 2 is 2.20 bits per heavy atom. The molecule has 1 saturated heterocycles. The van der Waals surface area contributed by atoms with E-state index in [1.54, 1.807) is 6.07 Å². The van der Waals surface area contributed by atoms with Crippen LogP contribution in [0.15, 0.2) is 24.3 Å². The molecule has 2 rings (SSSR count). The second kappa shape index (κ2) is 7.54. The quantitative estimate of drug-likeness (QED) is 0.740. The number of hydrogen-bond donors (Lipinski definition) is 2. The molecule has 1 aromatic carbocycles. The number of morpholine rings is 1. The fourth-order valence-corrected chi connectivity index (χ4v) is 2.19. The SMILES string of the molecule is NC(=S)c1cccc(OCC(O)CN2CCOCC2)c1. The lowest BCUT2D eigenvalue weighted by Crippen LogP contribution is -2.42. The molecule has 1 aromatic rings. The summed E-state index contributed by atoms with van der Waals surface area (Å²) < 4.78 is 10.8. The number of aliphatic hydroxyl groups excluding tert-OH is 1. The highest BCUT2D eigenvalue weighted by Crippen LogP contribution is 2.13. The van der Waals surface area contributed by atoms with Crippen molar-refractivity contribution in [2.24, 2.45) is 5.73 Å². The highest BCUT2D eigenvalue weighted by Gasteiger charge is 2.15. The summed E-state index contributed by atoms with van der Waals surface area (Å²) in [5.41, 5.74) is 6.33. The normalized spacial score (nSPS) is 17.6. The summed E-state index contributed by atoms with van der Waals surface area (Å²) in [4.78, 5) is 2.51. The molecule has 1 heterocycles. The summed E-state index contributed by atoms with van der Waals surface area (Å²) in [6.45, 7) is 4.01. The van der Waals surface area contributed by atoms with Gasteiger partial charge in [-0.15, -0.1) is 0 Å². The Balaban J connectivity index is 1.78. The van der Waals surface area contributed by atoms with Crippen LogP contribution in [0.3, 0.4) is 0 Å². The van der Waals surface area contributed by atoms with Gasteiger partial charge >= 0.3 is 0 Å². The predicted molar refractivity (Wildman–Crippen MR) is 81.1 cm³/mol. The van der Waals surface area contributed by atoms with E-state index in [2.05, 4.69) is 4.90 Å². The van der Waals surface area contributed by atoms with E-state index in [1.165, 1.54) is 0 Å². The van der Waals surface area contributed by atoms with Gasteiger partial charge in [-0.3, -0.25) is 4.90 Å². The maximum Gasteiger partial charge on any atom is 0.120 e. The highest BCUT2D eigenvalue weighted by atomic mass is 32.1. The van der Waals surface area contributed by atoms with Gasteiger partial charge in [0.2, 0.25) is 0 Å². The van der Waals surface area contributed by atoms with Gasteiger partial charge in [-0.2, -0.15) is 0 Å². The molecule has 5 nitrogen and oxygen atoms in total. The third kappa shape index (κ3) is 4.72. The molecule has 0 bridgehead atoms. The second-order valence-electron chi connectivity index (χ2n) is 4.77. The summed E-state index contributed by atoms with van der Waals surface area (Å²) in [6, 6.07) is 7.27. The first-order chi connectivity index (χ1) is 9.65. The van der Waals surface area contributed by atoms with Gasteiger partial charge in [0, 0.05) is 25.2 Å². The molecule has 3 N–H and O–H groups in total. The number of β-amino-alcohol motifs (C(OH)–C–C–N with tert-alkyl or cyclic N) is 1. The molecule has 0 amide bonds. The molecular weight excluding hydrogens is 276 g/mol. The van der Waals surface area contributed by atoms with Crippen LogP contribution in [0, 0.1) is 0 Å². The van der Waals surface area contributed by atoms with E-state index in [4.69, 9.17) is 27.4 Å². The maximum atomic E-state index is 9.98. The van der Waals surface area contributed by atoms with Crippen molar-refractivity contribution in [3.63, 3.8) is 0 Å².